The first kappa shape index (κ1) is 31.0. The number of anilines is 1. The van der Waals surface area contributed by atoms with Gasteiger partial charge in [-0.2, -0.15) is 0 Å². The fraction of sp³-hybridized carbons (Fsp3) is 0.364. The molecule has 1 aliphatic rings. The summed E-state index contributed by atoms with van der Waals surface area (Å²) < 4.78 is 27.0. The minimum atomic E-state index is -3.92. The summed E-state index contributed by atoms with van der Waals surface area (Å²) in [5.74, 6) is -0.985. The van der Waals surface area contributed by atoms with Crippen molar-refractivity contribution in [2.75, 3.05) is 17.1 Å². The van der Waals surface area contributed by atoms with Crippen LogP contribution in [0.2, 0.25) is 0 Å². The van der Waals surface area contributed by atoms with Crippen molar-refractivity contribution in [2.45, 2.75) is 64.6 Å². The highest BCUT2D eigenvalue weighted by Gasteiger charge is 2.34. The van der Waals surface area contributed by atoms with Crippen molar-refractivity contribution in [2.24, 2.45) is 0 Å². The topological polar surface area (TPSA) is 104 Å². The maximum atomic E-state index is 14.3. The van der Waals surface area contributed by atoms with Crippen molar-refractivity contribution in [1.82, 2.24) is 10.2 Å². The second kappa shape index (κ2) is 13.8. The molecule has 0 saturated heterocycles. The van der Waals surface area contributed by atoms with Gasteiger partial charge in [-0.3, -0.25) is 18.7 Å². The monoisotopic (exact) mass is 589 g/mol. The van der Waals surface area contributed by atoms with E-state index < -0.39 is 28.5 Å². The number of nitrogens with one attached hydrogen (secondary N) is 1. The van der Waals surface area contributed by atoms with Crippen molar-refractivity contribution in [3.63, 3.8) is 0 Å². The van der Waals surface area contributed by atoms with E-state index in [1.807, 2.05) is 61.5 Å². The fourth-order valence-corrected chi connectivity index (χ4v) is 6.23. The number of Topliss-reactive ketones (excluding diaryl/α,β-unsaturated/α-hetero) is 1. The molecule has 1 aliphatic carbocycles. The summed E-state index contributed by atoms with van der Waals surface area (Å²) >= 11 is 0. The SMILES string of the molecule is CC(=O)c1cccc(N(CC(=O)N(Cc2ccccc2C)C(Cc2ccccc2)C(=O)NC2CCCC2)S(C)(=O)=O)c1. The molecular weight excluding hydrogens is 550 g/mol. The summed E-state index contributed by atoms with van der Waals surface area (Å²) in [6, 6.07) is 22.6. The first-order valence-electron chi connectivity index (χ1n) is 14.3. The lowest BCUT2D eigenvalue weighted by Crippen LogP contribution is -2.54. The summed E-state index contributed by atoms with van der Waals surface area (Å²) in [5.41, 5.74) is 3.26. The Bertz CT molecular complexity index is 1520. The Kier molecular flexibility index (Phi) is 10.2. The van der Waals surface area contributed by atoms with Crippen LogP contribution in [0.15, 0.2) is 78.9 Å². The zero-order valence-electron chi connectivity index (χ0n) is 24.5. The average Bonchev–Trinajstić information content (AvgIpc) is 3.47. The Balaban J connectivity index is 1.74. The number of aryl methyl sites for hydroxylation is 1. The highest BCUT2D eigenvalue weighted by atomic mass is 32.2. The van der Waals surface area contributed by atoms with Crippen LogP contribution in [-0.2, 0) is 32.6 Å². The van der Waals surface area contributed by atoms with E-state index in [2.05, 4.69) is 5.32 Å². The molecule has 1 atom stereocenters. The minimum absolute atomic E-state index is 0.0491. The van der Waals surface area contributed by atoms with E-state index in [1.54, 1.807) is 18.2 Å². The maximum Gasteiger partial charge on any atom is 0.244 e. The third-order valence-electron chi connectivity index (χ3n) is 7.79. The van der Waals surface area contributed by atoms with Crippen LogP contribution in [0.5, 0.6) is 0 Å². The first-order chi connectivity index (χ1) is 20.0. The zero-order valence-corrected chi connectivity index (χ0v) is 25.3. The van der Waals surface area contributed by atoms with Crippen LogP contribution < -0.4 is 9.62 Å². The Labute approximate surface area is 248 Å². The summed E-state index contributed by atoms with van der Waals surface area (Å²) in [5, 5.41) is 3.17. The van der Waals surface area contributed by atoms with Crippen molar-refractivity contribution < 1.29 is 22.8 Å². The molecule has 2 amide bonds. The van der Waals surface area contributed by atoms with E-state index in [0.29, 0.717) is 5.56 Å². The van der Waals surface area contributed by atoms with Gasteiger partial charge in [0.15, 0.2) is 5.78 Å². The summed E-state index contributed by atoms with van der Waals surface area (Å²) in [6.45, 7) is 2.95. The molecular formula is C33H39N3O5S. The highest BCUT2D eigenvalue weighted by Crippen LogP contribution is 2.23. The minimum Gasteiger partial charge on any atom is -0.352 e. The lowest BCUT2D eigenvalue weighted by atomic mass is 10.0. The van der Waals surface area contributed by atoms with Gasteiger partial charge >= 0.3 is 0 Å². The van der Waals surface area contributed by atoms with Gasteiger partial charge in [0.1, 0.15) is 12.6 Å². The van der Waals surface area contributed by atoms with E-state index in [0.717, 1.165) is 52.9 Å². The van der Waals surface area contributed by atoms with E-state index in [4.69, 9.17) is 0 Å². The Morgan fingerprint density at radius 2 is 1.60 bits per heavy atom. The normalized spacial score (nSPS) is 14.3. The molecule has 0 radical (unpaired) electrons. The molecule has 1 fully saturated rings. The van der Waals surface area contributed by atoms with Crippen molar-refractivity contribution in [3.05, 3.63) is 101 Å². The van der Waals surface area contributed by atoms with E-state index in [9.17, 15) is 22.8 Å². The number of hydrogen-bond donors (Lipinski definition) is 1. The molecule has 0 aromatic heterocycles. The van der Waals surface area contributed by atoms with Gasteiger partial charge in [0.25, 0.3) is 0 Å². The Hall–Kier alpha value is -3.98. The van der Waals surface area contributed by atoms with Crippen molar-refractivity contribution >= 4 is 33.3 Å². The lowest BCUT2D eigenvalue weighted by molar-refractivity contribution is -0.140. The van der Waals surface area contributed by atoms with E-state index in [-0.39, 0.29) is 36.4 Å². The molecule has 1 unspecified atom stereocenters. The van der Waals surface area contributed by atoms with Crippen LogP contribution in [-0.4, -0.2) is 55.8 Å². The number of sulfonamides is 1. The van der Waals surface area contributed by atoms with Gasteiger partial charge in [-0.05, 0) is 55.5 Å². The molecule has 0 aliphatic heterocycles. The number of carbonyl (C=O) groups excluding carboxylic acids is 3. The van der Waals surface area contributed by atoms with Gasteiger partial charge in [0.2, 0.25) is 21.8 Å². The van der Waals surface area contributed by atoms with E-state index in [1.165, 1.54) is 17.9 Å². The molecule has 222 valence electrons. The molecule has 0 heterocycles. The third kappa shape index (κ3) is 8.06. The van der Waals surface area contributed by atoms with Gasteiger partial charge < -0.3 is 10.2 Å². The van der Waals surface area contributed by atoms with Gasteiger partial charge in [0, 0.05) is 24.6 Å². The van der Waals surface area contributed by atoms with Crippen LogP contribution in [0.4, 0.5) is 5.69 Å². The fourth-order valence-electron chi connectivity index (χ4n) is 5.39. The molecule has 3 aromatic rings. The molecule has 3 aromatic carbocycles. The van der Waals surface area contributed by atoms with Gasteiger partial charge in [-0.1, -0.05) is 79.6 Å². The number of ketones is 1. The van der Waals surface area contributed by atoms with Gasteiger partial charge in [0.05, 0.1) is 11.9 Å². The number of nitrogens with zero attached hydrogens (tertiary/aromatic N) is 2. The summed E-state index contributed by atoms with van der Waals surface area (Å²) in [4.78, 5) is 41.7. The number of rotatable bonds is 12. The quantitative estimate of drug-likeness (QED) is 0.310. The predicted octanol–water partition coefficient (Wildman–Crippen LogP) is 4.66. The molecule has 0 bridgehead atoms. The van der Waals surface area contributed by atoms with Crippen molar-refractivity contribution in [3.8, 4) is 0 Å². The summed E-state index contributed by atoms with van der Waals surface area (Å²) in [7, 11) is -3.92. The van der Waals surface area contributed by atoms with Crippen LogP contribution in [0.25, 0.3) is 0 Å². The standard InChI is InChI=1S/C33H39N3O5S/c1-24-12-7-8-15-28(24)22-35(31(20-26-13-5-4-6-14-26)33(39)34-29-17-9-10-18-29)32(38)23-36(42(3,40)41)30-19-11-16-27(21-30)25(2)37/h4-8,11-16,19,21,29,31H,9-10,17-18,20,22-23H2,1-3H3,(H,34,39). The Morgan fingerprint density at radius 3 is 2.24 bits per heavy atom. The predicted molar refractivity (Wildman–Crippen MR) is 165 cm³/mol. The number of hydrogen-bond acceptors (Lipinski definition) is 5. The van der Waals surface area contributed by atoms with Crippen molar-refractivity contribution in [1.29, 1.82) is 0 Å². The molecule has 4 rings (SSSR count). The zero-order chi connectivity index (χ0) is 30.3. The average molecular weight is 590 g/mol. The molecule has 8 nitrogen and oxygen atoms in total. The van der Waals surface area contributed by atoms with Crippen LogP contribution in [0, 0.1) is 6.92 Å². The lowest BCUT2D eigenvalue weighted by Gasteiger charge is -2.34. The van der Waals surface area contributed by atoms with E-state index >= 15 is 0 Å². The van der Waals surface area contributed by atoms with Gasteiger partial charge in [-0.25, -0.2) is 8.42 Å². The molecule has 42 heavy (non-hydrogen) atoms. The highest BCUT2D eigenvalue weighted by molar-refractivity contribution is 7.92. The third-order valence-corrected chi connectivity index (χ3v) is 8.94. The largest absolute Gasteiger partial charge is 0.352 e. The first-order valence-corrected chi connectivity index (χ1v) is 16.1. The van der Waals surface area contributed by atoms with Gasteiger partial charge in [-0.15, -0.1) is 0 Å². The number of amides is 2. The molecule has 9 heteroatoms. The van der Waals surface area contributed by atoms with Crippen LogP contribution in [0.1, 0.15) is 59.7 Å². The Morgan fingerprint density at radius 1 is 0.929 bits per heavy atom. The van der Waals surface area contributed by atoms with Crippen LogP contribution in [0.3, 0.4) is 0 Å². The molecule has 1 N–H and O–H groups in total. The summed E-state index contributed by atoms with van der Waals surface area (Å²) in [6.07, 6.45) is 5.18. The van der Waals surface area contributed by atoms with Crippen LogP contribution >= 0.6 is 0 Å². The second-order valence-corrected chi connectivity index (χ2v) is 12.9. The number of carbonyl (C=O) groups is 3. The molecule has 0 spiro atoms. The maximum absolute atomic E-state index is 14.3. The second-order valence-electron chi connectivity index (χ2n) is 11.0. The molecule has 1 saturated carbocycles. The smallest absolute Gasteiger partial charge is 0.244 e. The number of benzene rings is 3.